The van der Waals surface area contributed by atoms with Gasteiger partial charge in [0.1, 0.15) is 13.2 Å². The van der Waals surface area contributed by atoms with E-state index >= 15 is 0 Å². The van der Waals surface area contributed by atoms with E-state index in [0.717, 1.165) is 23.3 Å². The van der Waals surface area contributed by atoms with Gasteiger partial charge >= 0.3 is 24.0 Å². The molecule has 0 spiro atoms. The normalized spacial score (nSPS) is 12.2. The third-order valence-electron chi connectivity index (χ3n) is 4.65. The fraction of sp³-hybridized carbons (Fsp3) is 0.308. The van der Waals surface area contributed by atoms with Gasteiger partial charge in [0.25, 0.3) is 0 Å². The molecule has 4 N–H and O–H groups in total. The molecular weight excluding hydrogens is 464 g/mol. The lowest BCUT2D eigenvalue weighted by Crippen LogP contribution is -2.42. The van der Waals surface area contributed by atoms with Gasteiger partial charge in [-0.05, 0) is 25.0 Å². The fourth-order valence-electron chi connectivity index (χ4n) is 2.84. The lowest BCUT2D eigenvalue weighted by molar-refractivity contribution is -0.141. The number of benzene rings is 2. The maximum absolute atomic E-state index is 11.9. The number of hydrogen-bond donors (Lipinski definition) is 4. The van der Waals surface area contributed by atoms with Gasteiger partial charge in [0.15, 0.2) is 0 Å². The third-order valence-corrected chi connectivity index (χ3v) is 4.65. The molecule has 192 valence electrons. The lowest BCUT2D eigenvalue weighted by atomic mass is 10.2. The summed E-state index contributed by atoms with van der Waals surface area (Å²) in [4.78, 5) is 47.4. The van der Waals surface area contributed by atoms with Gasteiger partial charge in [-0.25, -0.2) is 19.2 Å². The topological polar surface area (TPSA) is 135 Å². The summed E-state index contributed by atoms with van der Waals surface area (Å²) in [6, 6.07) is 17.2. The van der Waals surface area contributed by atoms with Crippen LogP contribution in [0.15, 0.2) is 72.8 Å². The number of esters is 2. The minimum atomic E-state index is -0.753. The first-order valence-electron chi connectivity index (χ1n) is 11.5. The summed E-state index contributed by atoms with van der Waals surface area (Å²) < 4.78 is 10.0. The summed E-state index contributed by atoms with van der Waals surface area (Å²) in [6.45, 7) is 3.95. The van der Waals surface area contributed by atoms with Crippen LogP contribution in [-0.2, 0) is 32.2 Å². The molecular formula is C26H32N4O6. The predicted octanol–water partition coefficient (Wildman–Crippen LogP) is 2.40. The molecule has 0 saturated heterocycles. The molecule has 0 fully saturated rings. The summed E-state index contributed by atoms with van der Waals surface area (Å²) in [7, 11) is 0. The quantitative estimate of drug-likeness (QED) is 0.263. The molecule has 0 aliphatic rings. The SMILES string of the molecule is C[C@@H](COC(=O)/C=C/C(=O)OC[C@H](C)NC(=O)NCc1ccccc1)NC(=O)NCc1ccccc1. The van der Waals surface area contributed by atoms with Gasteiger partial charge in [-0.2, -0.15) is 0 Å². The molecule has 36 heavy (non-hydrogen) atoms. The highest BCUT2D eigenvalue weighted by atomic mass is 16.5. The molecule has 0 unspecified atom stereocenters. The van der Waals surface area contributed by atoms with Crippen LogP contribution in [0.3, 0.4) is 0 Å². The molecule has 0 aromatic heterocycles. The highest BCUT2D eigenvalue weighted by Gasteiger charge is 2.11. The summed E-state index contributed by atoms with van der Waals surface area (Å²) >= 11 is 0. The van der Waals surface area contributed by atoms with Gasteiger partial charge in [-0.15, -0.1) is 0 Å². The Labute approximate surface area is 210 Å². The monoisotopic (exact) mass is 496 g/mol. The van der Waals surface area contributed by atoms with Gasteiger partial charge in [-0.1, -0.05) is 60.7 Å². The van der Waals surface area contributed by atoms with E-state index < -0.39 is 36.1 Å². The Morgan fingerprint density at radius 1 is 0.667 bits per heavy atom. The second-order valence-corrected chi connectivity index (χ2v) is 8.02. The van der Waals surface area contributed by atoms with Crippen LogP contribution in [0.2, 0.25) is 0 Å². The predicted molar refractivity (Wildman–Crippen MR) is 134 cm³/mol. The van der Waals surface area contributed by atoms with Crippen molar-refractivity contribution in [2.24, 2.45) is 0 Å². The van der Waals surface area contributed by atoms with E-state index in [4.69, 9.17) is 9.47 Å². The number of carbonyl (C=O) groups is 4. The van der Waals surface area contributed by atoms with Crippen molar-refractivity contribution in [3.05, 3.63) is 83.9 Å². The zero-order valence-corrected chi connectivity index (χ0v) is 20.4. The van der Waals surface area contributed by atoms with E-state index in [1.165, 1.54) is 0 Å². The molecule has 0 heterocycles. The fourth-order valence-corrected chi connectivity index (χ4v) is 2.84. The van der Waals surface area contributed by atoms with E-state index in [1.807, 2.05) is 60.7 Å². The summed E-state index contributed by atoms with van der Waals surface area (Å²) in [6.07, 6.45) is 1.88. The number of hydrogen-bond acceptors (Lipinski definition) is 6. The second-order valence-electron chi connectivity index (χ2n) is 8.02. The van der Waals surface area contributed by atoms with Gasteiger partial charge < -0.3 is 30.7 Å². The molecule has 0 saturated carbocycles. The van der Waals surface area contributed by atoms with E-state index in [9.17, 15) is 19.2 Å². The molecule has 0 radical (unpaired) electrons. The Balaban J connectivity index is 1.56. The van der Waals surface area contributed by atoms with Crippen molar-refractivity contribution in [3.63, 3.8) is 0 Å². The van der Waals surface area contributed by atoms with Crippen molar-refractivity contribution in [3.8, 4) is 0 Å². The summed E-state index contributed by atoms with van der Waals surface area (Å²) in [5, 5.41) is 10.7. The molecule has 2 atom stereocenters. The van der Waals surface area contributed by atoms with Crippen molar-refractivity contribution < 1.29 is 28.7 Å². The first-order valence-corrected chi connectivity index (χ1v) is 11.5. The maximum Gasteiger partial charge on any atom is 0.331 e. The van der Waals surface area contributed by atoms with Crippen LogP contribution >= 0.6 is 0 Å². The molecule has 0 aliphatic heterocycles. The number of ether oxygens (including phenoxy) is 2. The smallest absolute Gasteiger partial charge is 0.331 e. The standard InChI is InChI=1S/C26H32N4O6/c1-19(29-25(33)27-15-21-9-5-3-6-10-21)17-35-23(31)13-14-24(32)36-18-20(2)30-26(34)28-16-22-11-7-4-8-12-22/h3-14,19-20H,15-18H2,1-2H3,(H2,27,29,33)(H2,28,30,34)/b14-13+/t19-,20-/m0/s1. The minimum absolute atomic E-state index is 0.0734. The molecule has 2 aromatic carbocycles. The average Bonchev–Trinajstić information content (AvgIpc) is 2.88. The first kappa shape index (κ1) is 27.9. The number of nitrogens with one attached hydrogen (secondary N) is 4. The number of carbonyl (C=O) groups excluding carboxylic acids is 4. The maximum atomic E-state index is 11.9. The van der Waals surface area contributed by atoms with Gasteiger partial charge in [0.2, 0.25) is 0 Å². The lowest BCUT2D eigenvalue weighted by Gasteiger charge is -2.15. The molecule has 2 aromatic rings. The Morgan fingerprint density at radius 3 is 1.39 bits per heavy atom. The Bertz CT molecular complexity index is 932. The largest absolute Gasteiger partial charge is 0.460 e. The molecule has 10 heteroatoms. The van der Waals surface area contributed by atoms with Crippen LogP contribution in [0.1, 0.15) is 25.0 Å². The highest BCUT2D eigenvalue weighted by Crippen LogP contribution is 1.98. The molecule has 4 amide bonds. The minimum Gasteiger partial charge on any atom is -0.460 e. The van der Waals surface area contributed by atoms with E-state index in [2.05, 4.69) is 21.3 Å². The molecule has 0 bridgehead atoms. The molecule has 0 aliphatic carbocycles. The molecule has 2 rings (SSSR count). The number of rotatable bonds is 12. The average molecular weight is 497 g/mol. The van der Waals surface area contributed by atoms with E-state index in [1.54, 1.807) is 13.8 Å². The zero-order chi connectivity index (χ0) is 26.2. The van der Waals surface area contributed by atoms with Crippen LogP contribution in [0.4, 0.5) is 9.59 Å². The Kier molecular flexibility index (Phi) is 12.0. The van der Waals surface area contributed by atoms with Crippen molar-refractivity contribution >= 4 is 24.0 Å². The zero-order valence-electron chi connectivity index (χ0n) is 20.4. The van der Waals surface area contributed by atoms with E-state index in [0.29, 0.717) is 13.1 Å². The van der Waals surface area contributed by atoms with Crippen molar-refractivity contribution in [2.75, 3.05) is 13.2 Å². The van der Waals surface area contributed by atoms with Crippen molar-refractivity contribution in [1.82, 2.24) is 21.3 Å². The van der Waals surface area contributed by atoms with Gasteiger partial charge in [0, 0.05) is 25.2 Å². The van der Waals surface area contributed by atoms with Crippen LogP contribution in [0.5, 0.6) is 0 Å². The Hall–Kier alpha value is -4.34. The Morgan fingerprint density at radius 2 is 1.03 bits per heavy atom. The number of urea groups is 2. The second kappa shape index (κ2) is 15.5. The van der Waals surface area contributed by atoms with Gasteiger partial charge in [0.05, 0.1) is 12.1 Å². The van der Waals surface area contributed by atoms with Crippen LogP contribution < -0.4 is 21.3 Å². The van der Waals surface area contributed by atoms with Crippen molar-refractivity contribution in [1.29, 1.82) is 0 Å². The first-order chi connectivity index (χ1) is 17.3. The molecule has 10 nitrogen and oxygen atoms in total. The van der Waals surface area contributed by atoms with Crippen LogP contribution in [0, 0.1) is 0 Å². The summed E-state index contributed by atoms with van der Waals surface area (Å²) in [5.41, 5.74) is 1.92. The highest BCUT2D eigenvalue weighted by molar-refractivity contribution is 5.91. The van der Waals surface area contributed by atoms with E-state index in [-0.39, 0.29) is 13.2 Å². The van der Waals surface area contributed by atoms with Crippen LogP contribution in [-0.4, -0.2) is 49.3 Å². The van der Waals surface area contributed by atoms with Gasteiger partial charge in [-0.3, -0.25) is 0 Å². The van der Waals surface area contributed by atoms with Crippen LogP contribution in [0.25, 0.3) is 0 Å². The number of amides is 4. The van der Waals surface area contributed by atoms with Crippen molar-refractivity contribution in [2.45, 2.75) is 39.0 Å². The summed E-state index contributed by atoms with van der Waals surface area (Å²) in [5.74, 6) is -1.51. The third kappa shape index (κ3) is 12.2.